The molecule has 2 unspecified atom stereocenters. The maximum absolute atomic E-state index is 16.0. The first-order chi connectivity index (χ1) is 43.6. The molecule has 2 aromatic heterocycles. The van der Waals surface area contributed by atoms with Gasteiger partial charge in [-0.15, -0.1) is 0 Å². The number of nitrogens with zero attached hydrogens (tertiary/aromatic N) is 4. The minimum atomic E-state index is -1.16. The molecule has 2 fully saturated rings. The predicted octanol–water partition coefficient (Wildman–Crippen LogP) is 10.5. The van der Waals surface area contributed by atoms with Crippen LogP contribution in [-0.2, 0) is 36.8 Å². The number of carboxylic acids is 1. The number of hydrogen-bond donors (Lipinski definition) is 2. The van der Waals surface area contributed by atoms with E-state index in [2.05, 4.69) is 9.80 Å². The van der Waals surface area contributed by atoms with Gasteiger partial charge in [0.15, 0.2) is 11.6 Å². The fourth-order valence-corrected chi connectivity index (χ4v) is 12.8. The molecular formula is C74H93F4LiN4O10. The maximum Gasteiger partial charge on any atom is 1.00 e. The van der Waals surface area contributed by atoms with Crippen LogP contribution < -0.4 is 35.2 Å². The number of carboxylic acid groups (broad SMARTS) is 1. The summed E-state index contributed by atoms with van der Waals surface area (Å²) in [6, 6.07) is 14.2. The Hall–Kier alpha value is -6.78. The second-order valence-electron chi connectivity index (χ2n) is 26.1. The molecule has 2 aliphatic heterocycles. The molecule has 8 rings (SSSR count). The number of carbonyl (C=O) groups excluding carboxylic acids is 3. The molecule has 0 bridgehead atoms. The number of aromatic nitrogens is 2. The molecule has 4 atom stereocenters. The van der Waals surface area contributed by atoms with Gasteiger partial charge in [0.25, 0.3) is 11.1 Å². The molecule has 0 saturated carbocycles. The predicted molar refractivity (Wildman–Crippen MR) is 350 cm³/mol. The number of esters is 1. The Morgan fingerprint density at radius 1 is 0.538 bits per heavy atom. The van der Waals surface area contributed by atoms with E-state index in [0.717, 1.165) is 85.5 Å². The molecule has 4 heterocycles. The Balaban J connectivity index is 0.000000325. The van der Waals surface area contributed by atoms with Crippen LogP contribution in [0, 0.1) is 90.5 Å². The molecule has 2 aliphatic rings. The minimum Gasteiger partial charge on any atom is -0.727 e. The summed E-state index contributed by atoms with van der Waals surface area (Å²) in [5, 5.41) is 22.8. The zero-order valence-electron chi connectivity index (χ0n) is 56.9. The van der Waals surface area contributed by atoms with Crippen molar-refractivity contribution in [2.24, 2.45) is 11.8 Å². The molecule has 0 amide bonds. The first kappa shape index (κ1) is 76.9. The van der Waals surface area contributed by atoms with Gasteiger partial charge in [-0.3, -0.25) is 28.8 Å². The summed E-state index contributed by atoms with van der Waals surface area (Å²) in [6.07, 6.45) is 7.23. The first-order valence-corrected chi connectivity index (χ1v) is 32.2. The number of ether oxygens (including phenoxy) is 1. The Bertz CT molecular complexity index is 3740. The summed E-state index contributed by atoms with van der Waals surface area (Å²) in [5.74, 6) is -5.78. The van der Waals surface area contributed by atoms with E-state index in [0.29, 0.717) is 51.8 Å². The van der Waals surface area contributed by atoms with Gasteiger partial charge in [-0.2, -0.15) is 0 Å². The average molecular weight is 1280 g/mol. The van der Waals surface area contributed by atoms with E-state index in [1.165, 1.54) is 29.5 Å². The second kappa shape index (κ2) is 35.1. The van der Waals surface area contributed by atoms with Gasteiger partial charge in [0, 0.05) is 62.3 Å². The van der Waals surface area contributed by atoms with Gasteiger partial charge in [-0.05, 0) is 264 Å². The molecular weight excluding hydrogens is 1190 g/mol. The molecule has 6 aromatic rings. The number of ketones is 2. The van der Waals surface area contributed by atoms with Crippen molar-refractivity contribution < 1.29 is 76.0 Å². The monoisotopic (exact) mass is 1280 g/mol. The number of likely N-dealkylation sites (tertiary alicyclic amines) is 2. The average Bonchev–Trinajstić information content (AvgIpc) is 0.814. The molecule has 14 nitrogen and oxygen atoms in total. The SMILES string of the molecule is CCOC(=O)C[C@H](CC(=O)C(CC(C)C)n1cc(CCN2CCC2)c(C)cc1=O)c1cc(-c2c(C)ccc(F)c2C)cc(C)c1F.Cc1cc(=O)n(C(CC(C)C)C(=O)C[C@@H](CC(=O)O)c2cc(-c3c(C)ccc(F)c3C)cc(C)c2F)cc1CCN1CCC1.[Li+].[O-]O. The van der Waals surface area contributed by atoms with Gasteiger partial charge in [-0.25, -0.2) is 17.6 Å². The number of rotatable bonds is 27. The van der Waals surface area contributed by atoms with Crippen molar-refractivity contribution in [3.63, 3.8) is 0 Å². The Labute approximate surface area is 557 Å². The number of benzene rings is 4. The number of Topliss-reactive ketones (excluding diaryl/α,β-unsaturated/α-hetero) is 2. The smallest absolute Gasteiger partial charge is 0.727 e. The summed E-state index contributed by atoms with van der Waals surface area (Å²) in [5.41, 5.74) is 9.10. The standard InChI is InChI=1S/C38H48F2N2O4.C36H44F2N2O4.Li.H2O2/c1-8-46-36(45)21-29(31-19-30(17-26(6)38(31)40)37-24(4)10-11-32(39)27(37)7)20-34(43)33(16-23(2)3)42-22-28(25(5)18-35(42)44)12-15-41-13-9-14-41;1-21(2)14-31(40-20-26(23(4)16-33(40)42)10-13-39-11-7-12-39)32(41)18-27(19-34(43)44)29-17-28(15-24(5)36(29)38)35-22(3)8-9-30(37)25(35)6;;1-2/h10-11,17-19,22-23,29,33H,8-9,12-16,20-21H2,1-7H3;8-9,15-17,20-21,27,31H,7,10-14,18-19H2,1-6H3,(H,43,44);;1-2H/q;;+1;/p-1/t29-,33?;27-,31?;;/m00../s1. The van der Waals surface area contributed by atoms with Crippen molar-refractivity contribution in [2.75, 3.05) is 45.9 Å². The van der Waals surface area contributed by atoms with Crippen LogP contribution in [0.4, 0.5) is 17.6 Å². The molecule has 2 saturated heterocycles. The number of aryl methyl sites for hydroxylation is 6. The van der Waals surface area contributed by atoms with Crippen molar-refractivity contribution >= 4 is 23.5 Å². The van der Waals surface area contributed by atoms with Crippen LogP contribution in [0.5, 0.6) is 0 Å². The Kier molecular flexibility index (Phi) is 29.0. The summed E-state index contributed by atoms with van der Waals surface area (Å²) in [7, 11) is 0. The maximum atomic E-state index is 16.0. The van der Waals surface area contributed by atoms with Crippen LogP contribution in [0.1, 0.15) is 177 Å². The van der Waals surface area contributed by atoms with E-state index in [1.807, 2.05) is 61.6 Å². The van der Waals surface area contributed by atoms with Crippen LogP contribution in [0.2, 0.25) is 0 Å². The molecule has 2 N–H and O–H groups in total. The second-order valence-corrected chi connectivity index (χ2v) is 26.1. The normalized spacial score (nSPS) is 14.3. The molecule has 93 heavy (non-hydrogen) atoms. The van der Waals surface area contributed by atoms with Crippen LogP contribution in [0.3, 0.4) is 0 Å². The van der Waals surface area contributed by atoms with Crippen molar-refractivity contribution in [3.05, 3.63) is 184 Å². The largest absolute Gasteiger partial charge is 1.00 e. The van der Waals surface area contributed by atoms with Gasteiger partial charge in [0.1, 0.15) is 23.3 Å². The molecule has 0 spiro atoms. The number of hydrogen-bond acceptors (Lipinski definition) is 11. The minimum absolute atomic E-state index is 0. The number of aliphatic carboxylic acids is 1. The van der Waals surface area contributed by atoms with Gasteiger partial charge in [0.05, 0.1) is 31.5 Å². The van der Waals surface area contributed by atoms with E-state index in [1.54, 1.807) is 93.9 Å². The summed E-state index contributed by atoms with van der Waals surface area (Å²) >= 11 is 0. The molecule has 0 aliphatic carbocycles. The van der Waals surface area contributed by atoms with E-state index in [4.69, 9.17) is 15.3 Å². The van der Waals surface area contributed by atoms with E-state index < -0.39 is 59.7 Å². The van der Waals surface area contributed by atoms with Crippen LogP contribution in [0.25, 0.3) is 22.3 Å². The topological polar surface area (TPSA) is 192 Å². The van der Waals surface area contributed by atoms with Crippen molar-refractivity contribution in [3.8, 4) is 22.3 Å². The zero-order chi connectivity index (χ0) is 68.0. The van der Waals surface area contributed by atoms with Gasteiger partial charge in [0.2, 0.25) is 0 Å². The molecule has 4 aromatic carbocycles. The molecule has 498 valence electrons. The fourth-order valence-electron chi connectivity index (χ4n) is 12.8. The third-order valence-corrected chi connectivity index (χ3v) is 18.2. The third-order valence-electron chi connectivity index (χ3n) is 18.2. The zero-order valence-corrected chi connectivity index (χ0v) is 56.9. The quantitative estimate of drug-likeness (QED) is 0.0163. The van der Waals surface area contributed by atoms with Crippen molar-refractivity contribution in [1.82, 2.24) is 18.9 Å². The van der Waals surface area contributed by atoms with Gasteiger partial charge >= 0.3 is 30.8 Å². The number of halogens is 4. The Morgan fingerprint density at radius 3 is 1.25 bits per heavy atom. The summed E-state index contributed by atoms with van der Waals surface area (Å²) in [6.45, 7) is 29.9. The fraction of sp³-hybridized carbons (Fsp3) is 0.486. The van der Waals surface area contributed by atoms with Crippen LogP contribution in [-0.4, -0.2) is 98.7 Å². The summed E-state index contributed by atoms with van der Waals surface area (Å²) < 4.78 is 69.3. The van der Waals surface area contributed by atoms with Gasteiger partial charge in [-0.1, -0.05) is 39.8 Å². The molecule has 19 heteroatoms. The van der Waals surface area contributed by atoms with Crippen molar-refractivity contribution in [1.29, 1.82) is 0 Å². The van der Waals surface area contributed by atoms with Crippen LogP contribution in [0.15, 0.2) is 82.6 Å². The van der Waals surface area contributed by atoms with Crippen molar-refractivity contribution in [2.45, 2.75) is 178 Å². The first-order valence-electron chi connectivity index (χ1n) is 32.2. The number of carbonyl (C=O) groups is 4. The summed E-state index contributed by atoms with van der Waals surface area (Å²) in [4.78, 5) is 84.6. The molecule has 0 radical (unpaired) electrons. The number of pyridine rings is 2. The van der Waals surface area contributed by atoms with Crippen LogP contribution >= 0.6 is 0 Å². The van der Waals surface area contributed by atoms with E-state index >= 15 is 8.78 Å². The third kappa shape index (κ3) is 19.9. The van der Waals surface area contributed by atoms with Gasteiger partial charge < -0.3 is 39.3 Å². The van der Waals surface area contributed by atoms with E-state index in [-0.39, 0.29) is 102 Å². The Morgan fingerprint density at radius 2 is 0.914 bits per heavy atom. The van der Waals surface area contributed by atoms with E-state index in [9.17, 15) is 42.7 Å².